The van der Waals surface area contributed by atoms with Crippen LogP contribution in [0.25, 0.3) is 10.1 Å². The molecule has 3 aromatic rings. The van der Waals surface area contributed by atoms with E-state index in [1.807, 2.05) is 6.07 Å². The van der Waals surface area contributed by atoms with Gasteiger partial charge in [0.15, 0.2) is 0 Å². The molecule has 0 amide bonds. The summed E-state index contributed by atoms with van der Waals surface area (Å²) in [6.07, 6.45) is -0.562. The van der Waals surface area contributed by atoms with Crippen molar-refractivity contribution in [3.63, 3.8) is 0 Å². The molecule has 0 saturated carbocycles. The van der Waals surface area contributed by atoms with Crippen LogP contribution in [0.5, 0.6) is 0 Å². The lowest BCUT2D eigenvalue weighted by Crippen LogP contribution is -2.42. The summed E-state index contributed by atoms with van der Waals surface area (Å²) < 4.78 is 39.5. The molecule has 1 saturated heterocycles. The molecule has 0 aliphatic carbocycles. The molecule has 132 valence electrons. The number of fused-ring (bicyclic) bond motifs is 1. The standard InChI is InChI=1S/C15H14ClN3O4S2/c1-9-17-18-15(23-9)12-8-19(4-5-22-12)25(20,21)14-7-10-6-11(16)2-3-13(10)24-14/h2-3,6-7,12H,4-5,8H2,1H3/t12-/m0/s1. The van der Waals surface area contributed by atoms with Gasteiger partial charge in [0, 0.05) is 29.7 Å². The lowest BCUT2D eigenvalue weighted by Gasteiger charge is -2.29. The van der Waals surface area contributed by atoms with Gasteiger partial charge in [-0.15, -0.1) is 21.5 Å². The van der Waals surface area contributed by atoms with E-state index < -0.39 is 16.1 Å². The number of hydrogen-bond donors (Lipinski definition) is 0. The maximum atomic E-state index is 13.0. The largest absolute Gasteiger partial charge is 0.423 e. The smallest absolute Gasteiger partial charge is 0.252 e. The highest BCUT2D eigenvalue weighted by Crippen LogP contribution is 2.34. The molecule has 0 unspecified atom stereocenters. The van der Waals surface area contributed by atoms with Crippen molar-refractivity contribution in [3.8, 4) is 0 Å². The Balaban J connectivity index is 1.64. The Morgan fingerprint density at radius 3 is 2.92 bits per heavy atom. The minimum Gasteiger partial charge on any atom is -0.423 e. The molecule has 1 aromatic carbocycles. The van der Waals surface area contributed by atoms with Crippen molar-refractivity contribution < 1.29 is 17.6 Å². The van der Waals surface area contributed by atoms with Gasteiger partial charge < -0.3 is 9.15 Å². The molecule has 25 heavy (non-hydrogen) atoms. The number of ether oxygens (including phenoxy) is 1. The Labute approximate surface area is 153 Å². The minimum absolute atomic E-state index is 0.138. The Kier molecular flexibility index (Phi) is 4.28. The fraction of sp³-hybridized carbons (Fsp3) is 0.333. The number of thiophene rings is 1. The minimum atomic E-state index is -3.63. The number of hydrogen-bond acceptors (Lipinski definition) is 7. The summed E-state index contributed by atoms with van der Waals surface area (Å²) in [7, 11) is -3.63. The Morgan fingerprint density at radius 2 is 2.16 bits per heavy atom. The summed E-state index contributed by atoms with van der Waals surface area (Å²) in [4.78, 5) is 0. The van der Waals surface area contributed by atoms with E-state index in [0.717, 1.165) is 10.1 Å². The van der Waals surface area contributed by atoms with Crippen molar-refractivity contribution in [3.05, 3.63) is 41.1 Å². The van der Waals surface area contributed by atoms with Crippen molar-refractivity contribution in [2.45, 2.75) is 17.2 Å². The predicted molar refractivity (Wildman–Crippen MR) is 93.3 cm³/mol. The number of nitrogens with zero attached hydrogens (tertiary/aromatic N) is 3. The first-order valence-corrected chi connectivity index (χ1v) is 10.2. The summed E-state index contributed by atoms with van der Waals surface area (Å²) in [6.45, 7) is 2.36. The van der Waals surface area contributed by atoms with E-state index in [-0.39, 0.29) is 23.9 Å². The molecular weight excluding hydrogens is 386 g/mol. The third kappa shape index (κ3) is 3.18. The molecular formula is C15H14ClN3O4S2. The first-order valence-electron chi connectivity index (χ1n) is 7.54. The van der Waals surface area contributed by atoms with Gasteiger partial charge in [-0.3, -0.25) is 0 Å². The second-order valence-electron chi connectivity index (χ2n) is 5.63. The van der Waals surface area contributed by atoms with Gasteiger partial charge in [0.2, 0.25) is 11.8 Å². The van der Waals surface area contributed by atoms with Crippen LogP contribution in [0.4, 0.5) is 0 Å². The number of benzene rings is 1. The Bertz CT molecular complexity index is 1030. The zero-order valence-electron chi connectivity index (χ0n) is 13.2. The van der Waals surface area contributed by atoms with Gasteiger partial charge in [-0.25, -0.2) is 8.42 Å². The van der Waals surface area contributed by atoms with Crippen LogP contribution in [0.15, 0.2) is 32.9 Å². The first-order chi connectivity index (χ1) is 11.9. The molecule has 7 nitrogen and oxygen atoms in total. The van der Waals surface area contributed by atoms with E-state index in [1.54, 1.807) is 25.1 Å². The maximum Gasteiger partial charge on any atom is 0.252 e. The molecule has 0 spiro atoms. The molecule has 10 heteroatoms. The summed E-state index contributed by atoms with van der Waals surface area (Å²) in [5.74, 6) is 0.709. The van der Waals surface area contributed by atoms with Crippen molar-refractivity contribution in [1.29, 1.82) is 0 Å². The van der Waals surface area contributed by atoms with Crippen molar-refractivity contribution in [2.75, 3.05) is 19.7 Å². The van der Waals surface area contributed by atoms with Crippen LogP contribution in [0, 0.1) is 6.92 Å². The highest BCUT2D eigenvalue weighted by molar-refractivity contribution is 7.91. The molecule has 4 rings (SSSR count). The Hall–Kier alpha value is -1.52. The van der Waals surface area contributed by atoms with Crippen molar-refractivity contribution >= 4 is 43.0 Å². The number of morpholine rings is 1. The predicted octanol–water partition coefficient (Wildman–Crippen LogP) is 3.01. The van der Waals surface area contributed by atoms with Gasteiger partial charge >= 0.3 is 0 Å². The van der Waals surface area contributed by atoms with Gasteiger partial charge in [-0.05, 0) is 29.7 Å². The molecule has 1 aliphatic heterocycles. The lowest BCUT2D eigenvalue weighted by atomic mass is 10.3. The monoisotopic (exact) mass is 399 g/mol. The molecule has 0 radical (unpaired) electrons. The topological polar surface area (TPSA) is 85.5 Å². The van der Waals surface area contributed by atoms with Gasteiger partial charge in [0.1, 0.15) is 10.3 Å². The van der Waals surface area contributed by atoms with Crippen LogP contribution < -0.4 is 0 Å². The normalized spacial score (nSPS) is 19.5. The van der Waals surface area contributed by atoms with Gasteiger partial charge in [0.05, 0.1) is 6.61 Å². The second kappa shape index (κ2) is 6.33. The molecule has 0 bridgehead atoms. The number of aromatic nitrogens is 2. The number of aryl methyl sites for hydroxylation is 1. The summed E-state index contributed by atoms with van der Waals surface area (Å²) in [5, 5.41) is 9.09. The molecule has 3 heterocycles. The Morgan fingerprint density at radius 1 is 1.32 bits per heavy atom. The average Bonchev–Trinajstić information content (AvgIpc) is 3.21. The van der Waals surface area contributed by atoms with E-state index in [0.29, 0.717) is 16.8 Å². The molecule has 0 N–H and O–H groups in total. The fourth-order valence-electron chi connectivity index (χ4n) is 2.68. The quantitative estimate of drug-likeness (QED) is 0.673. The van der Waals surface area contributed by atoms with E-state index in [2.05, 4.69) is 10.2 Å². The molecule has 1 atom stereocenters. The van der Waals surface area contributed by atoms with E-state index in [1.165, 1.54) is 15.6 Å². The third-order valence-electron chi connectivity index (χ3n) is 3.90. The summed E-state index contributed by atoms with van der Waals surface area (Å²) >= 11 is 7.21. The molecule has 1 aliphatic rings. The summed E-state index contributed by atoms with van der Waals surface area (Å²) in [5.41, 5.74) is 0. The van der Waals surface area contributed by atoms with Crippen LogP contribution in [0.2, 0.25) is 5.02 Å². The zero-order valence-corrected chi connectivity index (χ0v) is 15.6. The van der Waals surface area contributed by atoms with Gasteiger partial charge in [0.25, 0.3) is 10.0 Å². The third-order valence-corrected chi connectivity index (χ3v) is 7.56. The SMILES string of the molecule is Cc1nnc([C@@H]2CN(S(=O)(=O)c3cc4cc(Cl)ccc4s3)CCO2)o1. The fourth-order valence-corrected chi connectivity index (χ4v) is 5.82. The zero-order chi connectivity index (χ0) is 17.6. The van der Waals surface area contributed by atoms with E-state index in [9.17, 15) is 8.42 Å². The van der Waals surface area contributed by atoms with Gasteiger partial charge in [-0.1, -0.05) is 11.6 Å². The number of halogens is 1. The highest BCUT2D eigenvalue weighted by Gasteiger charge is 2.34. The van der Waals surface area contributed by atoms with Crippen LogP contribution in [-0.2, 0) is 14.8 Å². The van der Waals surface area contributed by atoms with Crippen LogP contribution in [-0.4, -0.2) is 42.6 Å². The van der Waals surface area contributed by atoms with Crippen LogP contribution in [0.1, 0.15) is 17.9 Å². The van der Waals surface area contributed by atoms with E-state index >= 15 is 0 Å². The van der Waals surface area contributed by atoms with E-state index in [4.69, 9.17) is 20.8 Å². The van der Waals surface area contributed by atoms with Crippen molar-refractivity contribution in [2.24, 2.45) is 0 Å². The molecule has 2 aromatic heterocycles. The maximum absolute atomic E-state index is 13.0. The van der Waals surface area contributed by atoms with Gasteiger partial charge in [-0.2, -0.15) is 4.31 Å². The van der Waals surface area contributed by atoms with Crippen LogP contribution in [0.3, 0.4) is 0 Å². The molecule has 1 fully saturated rings. The highest BCUT2D eigenvalue weighted by atomic mass is 35.5. The second-order valence-corrected chi connectivity index (χ2v) is 9.31. The van der Waals surface area contributed by atoms with Crippen LogP contribution >= 0.6 is 22.9 Å². The number of sulfonamides is 1. The average molecular weight is 400 g/mol. The summed E-state index contributed by atoms with van der Waals surface area (Å²) in [6, 6.07) is 6.99. The number of rotatable bonds is 3. The first kappa shape index (κ1) is 16.9. The van der Waals surface area contributed by atoms with Crippen molar-refractivity contribution in [1.82, 2.24) is 14.5 Å². The lowest BCUT2D eigenvalue weighted by molar-refractivity contribution is -0.0176.